The van der Waals surface area contributed by atoms with Gasteiger partial charge in [-0.2, -0.15) is 4.31 Å². The Kier molecular flexibility index (Phi) is 5.09. The van der Waals surface area contributed by atoms with E-state index in [0.29, 0.717) is 18.1 Å². The molecule has 0 radical (unpaired) electrons. The third kappa shape index (κ3) is 3.41. The molecule has 0 saturated carbocycles. The highest BCUT2D eigenvalue weighted by molar-refractivity contribution is 7.89. The Morgan fingerprint density at radius 3 is 2.20 bits per heavy atom. The van der Waals surface area contributed by atoms with Crippen LogP contribution in [0.1, 0.15) is 6.42 Å². The maximum atomic E-state index is 12.7. The minimum Gasteiger partial charge on any atom is -0.289 e. The maximum Gasteiger partial charge on any atom is 0.246 e. The molecule has 0 spiro atoms. The summed E-state index contributed by atoms with van der Waals surface area (Å²) in [6.45, 7) is 1.25. The summed E-state index contributed by atoms with van der Waals surface area (Å²) in [4.78, 5) is 26.8. The molecule has 3 rings (SSSR count). The molecule has 2 amide bonds. The van der Waals surface area contributed by atoms with Crippen molar-refractivity contribution in [3.05, 3.63) is 28.2 Å². The van der Waals surface area contributed by atoms with Crippen LogP contribution in [0.25, 0.3) is 0 Å². The average molecular weight is 406 g/mol. The van der Waals surface area contributed by atoms with Gasteiger partial charge < -0.3 is 0 Å². The second kappa shape index (κ2) is 6.85. The van der Waals surface area contributed by atoms with Crippen LogP contribution in [0.2, 0.25) is 10.0 Å². The van der Waals surface area contributed by atoms with Gasteiger partial charge in [0.2, 0.25) is 21.8 Å². The van der Waals surface area contributed by atoms with Crippen molar-refractivity contribution in [1.29, 1.82) is 0 Å². The van der Waals surface area contributed by atoms with Gasteiger partial charge in [0.05, 0.1) is 27.4 Å². The van der Waals surface area contributed by atoms with Gasteiger partial charge in [-0.15, -0.1) is 0 Å². The van der Waals surface area contributed by atoms with Crippen molar-refractivity contribution in [3.8, 4) is 0 Å². The highest BCUT2D eigenvalue weighted by Crippen LogP contribution is 2.27. The second-order valence-corrected chi connectivity index (χ2v) is 8.78. The van der Waals surface area contributed by atoms with Crippen LogP contribution >= 0.6 is 23.2 Å². The van der Waals surface area contributed by atoms with Gasteiger partial charge in [0.25, 0.3) is 0 Å². The predicted molar refractivity (Wildman–Crippen MR) is 93.0 cm³/mol. The summed E-state index contributed by atoms with van der Waals surface area (Å²) in [5, 5.41) is 0.471. The van der Waals surface area contributed by atoms with E-state index in [1.54, 1.807) is 0 Å². The number of carbonyl (C=O) groups is 2. The number of rotatable bonds is 3. The fourth-order valence-corrected chi connectivity index (χ4v) is 4.88. The number of hydrogen-bond donors (Lipinski definition) is 0. The molecule has 7 nitrogen and oxygen atoms in total. The van der Waals surface area contributed by atoms with Crippen molar-refractivity contribution in [2.75, 3.05) is 33.2 Å². The number of carbonyl (C=O) groups excluding carboxylic acids is 2. The Bertz CT molecular complexity index is 822. The number of amides is 2. The molecule has 1 aromatic carbocycles. The van der Waals surface area contributed by atoms with Crippen molar-refractivity contribution in [2.24, 2.45) is 0 Å². The fourth-order valence-electron chi connectivity index (χ4n) is 3.06. The number of piperazine rings is 1. The Balaban J connectivity index is 1.70. The van der Waals surface area contributed by atoms with Crippen LogP contribution in [-0.4, -0.2) is 73.6 Å². The molecule has 2 heterocycles. The van der Waals surface area contributed by atoms with Crippen LogP contribution in [0.3, 0.4) is 0 Å². The third-order valence-corrected chi connectivity index (χ3v) is 7.23. The van der Waals surface area contributed by atoms with Crippen molar-refractivity contribution in [1.82, 2.24) is 14.1 Å². The van der Waals surface area contributed by atoms with Gasteiger partial charge in [-0.1, -0.05) is 23.2 Å². The molecule has 1 aromatic rings. The Morgan fingerprint density at radius 2 is 1.68 bits per heavy atom. The van der Waals surface area contributed by atoms with E-state index in [4.69, 9.17) is 23.2 Å². The summed E-state index contributed by atoms with van der Waals surface area (Å²) >= 11 is 11.7. The van der Waals surface area contributed by atoms with E-state index < -0.39 is 16.1 Å². The van der Waals surface area contributed by atoms with E-state index in [0.717, 1.165) is 4.90 Å². The standard InChI is InChI=1S/C15H17Cl2N3O4S/c1-18-14(21)9-13(15(18)22)19-4-6-20(7-5-19)25(23,24)10-2-3-11(16)12(17)8-10/h2-3,8,13H,4-7,9H2,1H3/t13-/m0/s1. The van der Waals surface area contributed by atoms with E-state index in [1.165, 1.54) is 29.6 Å². The van der Waals surface area contributed by atoms with E-state index in [1.807, 2.05) is 4.90 Å². The molecule has 1 atom stereocenters. The van der Waals surface area contributed by atoms with E-state index in [9.17, 15) is 18.0 Å². The zero-order valence-electron chi connectivity index (χ0n) is 13.5. The zero-order valence-corrected chi connectivity index (χ0v) is 15.8. The normalized spacial score (nSPS) is 23.5. The van der Waals surface area contributed by atoms with Crippen molar-refractivity contribution >= 4 is 45.0 Å². The lowest BCUT2D eigenvalue weighted by Crippen LogP contribution is -2.53. The molecule has 10 heteroatoms. The summed E-state index contributed by atoms with van der Waals surface area (Å²) in [5.41, 5.74) is 0. The fraction of sp³-hybridized carbons (Fsp3) is 0.467. The highest BCUT2D eigenvalue weighted by Gasteiger charge is 2.41. The molecule has 0 aromatic heterocycles. The van der Waals surface area contributed by atoms with E-state index in [-0.39, 0.29) is 41.2 Å². The smallest absolute Gasteiger partial charge is 0.246 e. The summed E-state index contributed by atoms with van der Waals surface area (Å²) < 4.78 is 26.8. The molecular formula is C15H17Cl2N3O4S. The first kappa shape index (κ1) is 18.6. The lowest BCUT2D eigenvalue weighted by atomic mass is 10.2. The van der Waals surface area contributed by atoms with Gasteiger partial charge >= 0.3 is 0 Å². The first-order chi connectivity index (χ1) is 11.7. The number of halogens is 2. The molecule has 2 fully saturated rings. The molecule has 2 aliphatic heterocycles. The van der Waals surface area contributed by atoms with Gasteiger partial charge in [-0.25, -0.2) is 8.42 Å². The number of nitrogens with zero attached hydrogens (tertiary/aromatic N) is 3. The van der Waals surface area contributed by atoms with E-state index in [2.05, 4.69) is 0 Å². The topological polar surface area (TPSA) is 78.0 Å². The van der Waals surface area contributed by atoms with Crippen LogP contribution in [0.4, 0.5) is 0 Å². The average Bonchev–Trinajstić information content (AvgIpc) is 2.85. The minimum absolute atomic E-state index is 0.0854. The first-order valence-electron chi connectivity index (χ1n) is 7.71. The monoisotopic (exact) mass is 405 g/mol. The molecule has 0 unspecified atom stereocenters. The molecule has 136 valence electrons. The number of likely N-dealkylation sites (tertiary alicyclic amines) is 1. The minimum atomic E-state index is -3.68. The van der Waals surface area contributed by atoms with Gasteiger partial charge in [0.15, 0.2) is 0 Å². The van der Waals surface area contributed by atoms with Gasteiger partial charge in [0.1, 0.15) is 0 Å². The van der Waals surface area contributed by atoms with Crippen LogP contribution < -0.4 is 0 Å². The Labute approximate surface area is 156 Å². The number of imide groups is 1. The second-order valence-electron chi connectivity index (χ2n) is 6.03. The molecule has 25 heavy (non-hydrogen) atoms. The number of hydrogen-bond acceptors (Lipinski definition) is 5. The SMILES string of the molecule is CN1C(=O)C[C@H](N2CCN(S(=O)(=O)c3ccc(Cl)c(Cl)c3)CC2)C1=O. The molecule has 2 aliphatic rings. The van der Waals surface area contributed by atoms with Crippen LogP contribution in [-0.2, 0) is 19.6 Å². The Morgan fingerprint density at radius 1 is 1.04 bits per heavy atom. The van der Waals surface area contributed by atoms with Crippen molar-refractivity contribution < 1.29 is 18.0 Å². The predicted octanol–water partition coefficient (Wildman–Crippen LogP) is 1.06. The van der Waals surface area contributed by atoms with Crippen LogP contribution in [0, 0.1) is 0 Å². The summed E-state index contributed by atoms with van der Waals surface area (Å²) in [6.07, 6.45) is 0.148. The van der Waals surface area contributed by atoms with Gasteiger partial charge in [0, 0.05) is 33.2 Å². The zero-order chi connectivity index (χ0) is 18.4. The molecular weight excluding hydrogens is 389 g/mol. The first-order valence-corrected chi connectivity index (χ1v) is 9.91. The lowest BCUT2D eigenvalue weighted by Gasteiger charge is -2.36. The Hall–Kier alpha value is -1.19. The molecule has 0 aliphatic carbocycles. The molecule has 0 bridgehead atoms. The number of sulfonamides is 1. The summed E-state index contributed by atoms with van der Waals surface area (Å²) in [6, 6.07) is 3.71. The van der Waals surface area contributed by atoms with Gasteiger partial charge in [-0.3, -0.25) is 19.4 Å². The molecule has 0 N–H and O–H groups in total. The summed E-state index contributed by atoms with van der Waals surface area (Å²) in [7, 11) is -2.21. The van der Waals surface area contributed by atoms with Crippen molar-refractivity contribution in [3.63, 3.8) is 0 Å². The largest absolute Gasteiger partial charge is 0.289 e. The number of likely N-dealkylation sites (N-methyl/N-ethyl adjacent to an activating group) is 1. The van der Waals surface area contributed by atoms with Crippen LogP contribution in [0.15, 0.2) is 23.1 Å². The van der Waals surface area contributed by atoms with E-state index >= 15 is 0 Å². The summed E-state index contributed by atoms with van der Waals surface area (Å²) in [5.74, 6) is -0.438. The lowest BCUT2D eigenvalue weighted by molar-refractivity contribution is -0.138. The van der Waals surface area contributed by atoms with Gasteiger partial charge in [-0.05, 0) is 18.2 Å². The third-order valence-electron chi connectivity index (χ3n) is 4.60. The quantitative estimate of drug-likeness (QED) is 0.702. The molecule has 2 saturated heterocycles. The maximum absolute atomic E-state index is 12.7. The highest BCUT2D eigenvalue weighted by atomic mass is 35.5. The number of benzene rings is 1. The van der Waals surface area contributed by atoms with Crippen LogP contribution in [0.5, 0.6) is 0 Å². The van der Waals surface area contributed by atoms with Crippen molar-refractivity contribution in [2.45, 2.75) is 17.4 Å².